The van der Waals surface area contributed by atoms with Crippen molar-refractivity contribution in [2.24, 2.45) is 0 Å². The second kappa shape index (κ2) is 6.23. The molecular formula is C17H25N3. The van der Waals surface area contributed by atoms with E-state index in [1.807, 2.05) is 6.33 Å². The Morgan fingerprint density at radius 3 is 2.50 bits per heavy atom. The van der Waals surface area contributed by atoms with Gasteiger partial charge in [-0.15, -0.1) is 0 Å². The number of hydrogen-bond donors (Lipinski definition) is 1. The lowest BCUT2D eigenvalue weighted by atomic mass is 9.99. The Morgan fingerprint density at radius 2 is 1.95 bits per heavy atom. The summed E-state index contributed by atoms with van der Waals surface area (Å²) in [6, 6.07) is 7.02. The number of rotatable bonds is 5. The van der Waals surface area contributed by atoms with Crippen molar-refractivity contribution in [1.29, 1.82) is 0 Å². The van der Waals surface area contributed by atoms with Gasteiger partial charge in [-0.2, -0.15) is 0 Å². The third-order valence-electron chi connectivity index (χ3n) is 3.98. The van der Waals surface area contributed by atoms with Crippen LogP contribution in [0.25, 0.3) is 0 Å². The molecule has 1 atom stereocenters. The van der Waals surface area contributed by atoms with Crippen LogP contribution in [-0.4, -0.2) is 16.1 Å². The lowest BCUT2D eigenvalue weighted by molar-refractivity contribution is 0.468. The first kappa shape index (κ1) is 14.8. The van der Waals surface area contributed by atoms with Crippen LogP contribution in [0, 0.1) is 27.7 Å². The summed E-state index contributed by atoms with van der Waals surface area (Å²) in [4.78, 5) is 4.39. The topological polar surface area (TPSA) is 29.9 Å². The van der Waals surface area contributed by atoms with Crippen LogP contribution in [0.4, 0.5) is 0 Å². The van der Waals surface area contributed by atoms with Crippen LogP contribution in [0.3, 0.4) is 0 Å². The molecule has 1 heterocycles. The molecule has 2 aromatic rings. The summed E-state index contributed by atoms with van der Waals surface area (Å²) >= 11 is 0. The Balaban J connectivity index is 2.29. The zero-order valence-electron chi connectivity index (χ0n) is 13.2. The first-order valence-corrected chi connectivity index (χ1v) is 7.31. The Labute approximate surface area is 122 Å². The summed E-state index contributed by atoms with van der Waals surface area (Å²) in [7, 11) is 0. The lowest BCUT2D eigenvalue weighted by Crippen LogP contribution is -2.26. The summed E-state index contributed by atoms with van der Waals surface area (Å²) in [5.41, 5.74) is 6.41. The first-order chi connectivity index (χ1) is 9.52. The quantitative estimate of drug-likeness (QED) is 0.902. The van der Waals surface area contributed by atoms with Gasteiger partial charge in [-0.25, -0.2) is 4.98 Å². The molecule has 20 heavy (non-hydrogen) atoms. The van der Waals surface area contributed by atoms with E-state index < -0.39 is 0 Å². The molecule has 1 aromatic carbocycles. The summed E-state index contributed by atoms with van der Waals surface area (Å²) in [5.74, 6) is 0. The summed E-state index contributed by atoms with van der Waals surface area (Å²) in [5, 5.41) is 3.60. The van der Waals surface area contributed by atoms with Crippen molar-refractivity contribution in [3.8, 4) is 0 Å². The molecule has 0 bridgehead atoms. The highest BCUT2D eigenvalue weighted by atomic mass is 15.1. The molecule has 0 aliphatic heterocycles. The van der Waals surface area contributed by atoms with Crippen molar-refractivity contribution in [2.75, 3.05) is 6.54 Å². The number of aryl methyl sites for hydroxylation is 3. The first-order valence-electron chi connectivity index (χ1n) is 7.31. The van der Waals surface area contributed by atoms with Gasteiger partial charge in [0.2, 0.25) is 0 Å². The molecule has 0 spiro atoms. The number of benzene rings is 1. The average molecular weight is 271 g/mol. The van der Waals surface area contributed by atoms with Crippen LogP contribution in [0.2, 0.25) is 0 Å². The van der Waals surface area contributed by atoms with E-state index in [4.69, 9.17) is 0 Å². The fraction of sp³-hybridized carbons (Fsp3) is 0.471. The zero-order valence-corrected chi connectivity index (χ0v) is 13.2. The average Bonchev–Trinajstić information content (AvgIpc) is 2.70. The predicted octanol–water partition coefficient (Wildman–Crippen LogP) is 3.47. The Morgan fingerprint density at radius 1 is 1.20 bits per heavy atom. The van der Waals surface area contributed by atoms with Gasteiger partial charge in [-0.3, -0.25) is 0 Å². The minimum absolute atomic E-state index is 0.327. The van der Waals surface area contributed by atoms with Gasteiger partial charge in [0, 0.05) is 12.2 Å². The molecule has 1 aromatic heterocycles. The summed E-state index contributed by atoms with van der Waals surface area (Å²) < 4.78 is 2.24. The molecule has 2 rings (SSSR count). The maximum absolute atomic E-state index is 4.39. The maximum atomic E-state index is 4.39. The van der Waals surface area contributed by atoms with E-state index in [2.05, 4.69) is 67.7 Å². The second-order valence-corrected chi connectivity index (χ2v) is 5.54. The third kappa shape index (κ3) is 3.10. The number of hydrogen-bond acceptors (Lipinski definition) is 2. The van der Waals surface area contributed by atoms with Gasteiger partial charge in [0.15, 0.2) is 0 Å². The fourth-order valence-electron chi connectivity index (χ4n) is 2.66. The van der Waals surface area contributed by atoms with E-state index in [9.17, 15) is 0 Å². The molecule has 3 heteroatoms. The van der Waals surface area contributed by atoms with Gasteiger partial charge in [-0.05, 0) is 45.4 Å². The fourth-order valence-corrected chi connectivity index (χ4v) is 2.66. The third-order valence-corrected chi connectivity index (χ3v) is 3.98. The molecule has 3 nitrogen and oxygen atoms in total. The molecule has 1 unspecified atom stereocenters. The molecule has 0 fully saturated rings. The van der Waals surface area contributed by atoms with Crippen LogP contribution in [0.15, 0.2) is 24.5 Å². The standard InChI is InChI=1S/C17H25N3/c1-6-18-17(10-20-11-19-14(4)15(20)5)16-8-7-12(2)9-13(16)3/h7-9,11,17-18H,6,10H2,1-5H3. The van der Waals surface area contributed by atoms with Crippen molar-refractivity contribution in [2.45, 2.75) is 47.2 Å². The van der Waals surface area contributed by atoms with Crippen LogP contribution >= 0.6 is 0 Å². The van der Waals surface area contributed by atoms with Crippen molar-refractivity contribution in [1.82, 2.24) is 14.9 Å². The lowest BCUT2D eigenvalue weighted by Gasteiger charge is -2.22. The van der Waals surface area contributed by atoms with Gasteiger partial charge >= 0.3 is 0 Å². The Bertz CT molecular complexity index is 584. The summed E-state index contributed by atoms with van der Waals surface area (Å²) in [6.07, 6.45) is 1.94. The van der Waals surface area contributed by atoms with Gasteiger partial charge < -0.3 is 9.88 Å². The number of likely N-dealkylation sites (N-methyl/N-ethyl adjacent to an activating group) is 1. The van der Waals surface area contributed by atoms with Crippen molar-refractivity contribution >= 4 is 0 Å². The monoisotopic (exact) mass is 271 g/mol. The molecule has 0 amide bonds. The van der Waals surface area contributed by atoms with E-state index >= 15 is 0 Å². The molecule has 108 valence electrons. The van der Waals surface area contributed by atoms with E-state index in [0.29, 0.717) is 6.04 Å². The highest BCUT2D eigenvalue weighted by Gasteiger charge is 2.15. The second-order valence-electron chi connectivity index (χ2n) is 5.54. The summed E-state index contributed by atoms with van der Waals surface area (Å²) in [6.45, 7) is 12.6. The van der Waals surface area contributed by atoms with Gasteiger partial charge in [0.1, 0.15) is 0 Å². The molecule has 1 N–H and O–H groups in total. The van der Waals surface area contributed by atoms with Gasteiger partial charge in [-0.1, -0.05) is 30.7 Å². The number of aromatic nitrogens is 2. The molecule has 0 aliphatic carbocycles. The minimum atomic E-state index is 0.327. The molecular weight excluding hydrogens is 246 g/mol. The Kier molecular flexibility index (Phi) is 4.61. The largest absolute Gasteiger partial charge is 0.333 e. The molecule has 0 saturated heterocycles. The van der Waals surface area contributed by atoms with Gasteiger partial charge in [0.05, 0.1) is 18.1 Å². The SMILES string of the molecule is CCNC(Cn1cnc(C)c1C)c1ccc(C)cc1C. The van der Waals surface area contributed by atoms with E-state index in [0.717, 1.165) is 18.8 Å². The van der Waals surface area contributed by atoms with Crippen LogP contribution in [-0.2, 0) is 6.54 Å². The number of imidazole rings is 1. The Hall–Kier alpha value is -1.61. The van der Waals surface area contributed by atoms with E-state index in [-0.39, 0.29) is 0 Å². The molecule has 0 radical (unpaired) electrons. The number of nitrogens with one attached hydrogen (secondary N) is 1. The highest BCUT2D eigenvalue weighted by molar-refractivity contribution is 5.33. The van der Waals surface area contributed by atoms with E-state index in [1.165, 1.54) is 22.4 Å². The zero-order chi connectivity index (χ0) is 14.7. The molecule has 0 aliphatic rings. The van der Waals surface area contributed by atoms with Crippen molar-refractivity contribution in [3.05, 3.63) is 52.6 Å². The number of nitrogens with zero attached hydrogens (tertiary/aromatic N) is 2. The normalized spacial score (nSPS) is 12.7. The smallest absolute Gasteiger partial charge is 0.0952 e. The highest BCUT2D eigenvalue weighted by Crippen LogP contribution is 2.21. The van der Waals surface area contributed by atoms with Crippen molar-refractivity contribution < 1.29 is 0 Å². The maximum Gasteiger partial charge on any atom is 0.0952 e. The van der Waals surface area contributed by atoms with Crippen LogP contribution in [0.1, 0.15) is 41.0 Å². The van der Waals surface area contributed by atoms with Crippen LogP contribution in [0.5, 0.6) is 0 Å². The van der Waals surface area contributed by atoms with Crippen LogP contribution < -0.4 is 5.32 Å². The van der Waals surface area contributed by atoms with Gasteiger partial charge in [0.25, 0.3) is 0 Å². The van der Waals surface area contributed by atoms with Crippen molar-refractivity contribution in [3.63, 3.8) is 0 Å². The predicted molar refractivity (Wildman–Crippen MR) is 84.0 cm³/mol. The van der Waals surface area contributed by atoms with E-state index in [1.54, 1.807) is 0 Å². The molecule has 0 saturated carbocycles. The minimum Gasteiger partial charge on any atom is -0.333 e.